The molecule has 3 heterocycles. The Hall–Kier alpha value is -2.90. The summed E-state index contributed by atoms with van der Waals surface area (Å²) in [6.07, 6.45) is 5.56. The largest absolute Gasteiger partial charge is 0.450 e. The monoisotopic (exact) mass is 414 g/mol. The molecule has 0 aromatic carbocycles. The van der Waals surface area contributed by atoms with E-state index in [1.165, 1.54) is 10.6 Å². The second-order valence-electron chi connectivity index (χ2n) is 8.27. The molecule has 1 N–H and O–H groups in total. The fraction of sp³-hybridized carbons (Fsp3) is 0.500. The van der Waals surface area contributed by atoms with Gasteiger partial charge in [0.05, 0.1) is 12.3 Å². The molecule has 160 valence electrons. The van der Waals surface area contributed by atoms with Crippen LogP contribution in [-0.2, 0) is 10.2 Å². The first-order valence-electron chi connectivity index (χ1n) is 10.4. The molecule has 30 heavy (non-hydrogen) atoms. The number of carbonyl (C=O) groups excluding carboxylic acids is 1. The smallest absolute Gasteiger partial charge is 0.409 e. The van der Waals surface area contributed by atoms with E-state index in [0.29, 0.717) is 44.6 Å². The Morgan fingerprint density at radius 2 is 2.13 bits per heavy atom. The Morgan fingerprint density at radius 1 is 1.40 bits per heavy atom. The molecule has 1 amide bonds. The van der Waals surface area contributed by atoms with Gasteiger partial charge in [0, 0.05) is 42.2 Å². The Kier molecular flexibility index (Phi) is 5.26. The van der Waals surface area contributed by atoms with Gasteiger partial charge in [-0.05, 0) is 38.3 Å². The number of fused-ring (bicyclic) bond motifs is 1. The molecule has 4 rings (SSSR count). The summed E-state index contributed by atoms with van der Waals surface area (Å²) < 4.78 is 20.1. The number of hydrogen-bond donors (Lipinski definition) is 1. The number of allylic oxidation sites excluding steroid dienone is 4. The molecule has 1 aliphatic carbocycles. The van der Waals surface area contributed by atoms with Gasteiger partial charge < -0.3 is 9.64 Å². The maximum Gasteiger partial charge on any atom is 0.409 e. The fourth-order valence-corrected chi connectivity index (χ4v) is 4.24. The van der Waals surface area contributed by atoms with Crippen molar-refractivity contribution >= 4 is 17.3 Å². The van der Waals surface area contributed by atoms with E-state index in [4.69, 9.17) is 9.72 Å². The van der Waals surface area contributed by atoms with Gasteiger partial charge >= 0.3 is 6.09 Å². The lowest BCUT2D eigenvalue weighted by atomic mass is 9.77. The van der Waals surface area contributed by atoms with Crippen molar-refractivity contribution in [2.24, 2.45) is 0 Å². The molecule has 0 bridgehead atoms. The maximum atomic E-state index is 13.5. The highest BCUT2D eigenvalue weighted by Gasteiger charge is 2.36. The number of H-pyrrole nitrogens is 1. The number of carbonyl (C=O) groups is 1. The van der Waals surface area contributed by atoms with Gasteiger partial charge in [-0.25, -0.2) is 18.7 Å². The number of nitrogens with zero attached hydrogens (tertiary/aromatic N) is 3. The molecule has 1 atom stereocenters. The third-order valence-corrected chi connectivity index (χ3v) is 6.14. The maximum absolute atomic E-state index is 13.5. The summed E-state index contributed by atoms with van der Waals surface area (Å²) in [5, 5.41) is 3.09. The fourth-order valence-electron chi connectivity index (χ4n) is 4.24. The lowest BCUT2D eigenvalue weighted by molar-refractivity contribution is 0.0879. The van der Waals surface area contributed by atoms with Gasteiger partial charge in [-0.2, -0.15) is 0 Å². The van der Waals surface area contributed by atoms with Crippen LogP contribution in [0.3, 0.4) is 0 Å². The number of nitrogens with one attached hydrogen (secondary N) is 1. The number of alkyl halides is 1. The van der Waals surface area contributed by atoms with Crippen LogP contribution in [0.5, 0.6) is 0 Å². The molecule has 1 aliphatic heterocycles. The number of piperidine rings is 1. The predicted molar refractivity (Wildman–Crippen MR) is 112 cm³/mol. The summed E-state index contributed by atoms with van der Waals surface area (Å²) >= 11 is 0. The SMILES string of the molecule is CCOC(=O)N1CCC(C)(c2cc(=O)n3[nH]c(C)c(C4=CCC(F)C=C4)c3n2)CC1. The van der Waals surface area contributed by atoms with E-state index >= 15 is 0 Å². The number of aromatic nitrogens is 3. The molecule has 2 aromatic rings. The molecule has 2 aliphatic rings. The highest BCUT2D eigenvalue weighted by molar-refractivity contribution is 5.84. The van der Waals surface area contributed by atoms with E-state index in [2.05, 4.69) is 12.0 Å². The van der Waals surface area contributed by atoms with Crippen molar-refractivity contribution < 1.29 is 13.9 Å². The minimum absolute atomic E-state index is 0.179. The quantitative estimate of drug-likeness (QED) is 0.833. The summed E-state index contributed by atoms with van der Waals surface area (Å²) in [5.41, 5.74) is 3.28. The second kappa shape index (κ2) is 7.74. The molecular weight excluding hydrogens is 387 g/mol. The van der Waals surface area contributed by atoms with Gasteiger partial charge in [0.1, 0.15) is 6.17 Å². The first-order chi connectivity index (χ1) is 14.3. The van der Waals surface area contributed by atoms with Crippen molar-refractivity contribution in [3.8, 4) is 0 Å². The zero-order chi connectivity index (χ0) is 21.5. The van der Waals surface area contributed by atoms with Crippen LogP contribution in [0.2, 0.25) is 0 Å². The summed E-state index contributed by atoms with van der Waals surface area (Å²) in [5.74, 6) is 0. The number of aromatic amines is 1. The average molecular weight is 414 g/mol. The van der Waals surface area contributed by atoms with Gasteiger partial charge in [0.15, 0.2) is 5.65 Å². The highest BCUT2D eigenvalue weighted by atomic mass is 19.1. The normalized spacial score (nSPS) is 21.0. The van der Waals surface area contributed by atoms with Gasteiger partial charge in [-0.15, -0.1) is 0 Å². The molecule has 8 heteroatoms. The van der Waals surface area contributed by atoms with E-state index in [0.717, 1.165) is 22.5 Å². The summed E-state index contributed by atoms with van der Waals surface area (Å²) in [4.78, 5) is 31.4. The van der Waals surface area contributed by atoms with Gasteiger partial charge in [-0.1, -0.05) is 19.1 Å². The molecule has 0 spiro atoms. The first-order valence-corrected chi connectivity index (χ1v) is 10.4. The summed E-state index contributed by atoms with van der Waals surface area (Å²) in [7, 11) is 0. The molecule has 1 saturated heterocycles. The van der Waals surface area contributed by atoms with Crippen LogP contribution in [0, 0.1) is 6.92 Å². The Bertz CT molecular complexity index is 1090. The van der Waals surface area contributed by atoms with Crippen LogP contribution in [0.1, 0.15) is 50.1 Å². The van der Waals surface area contributed by atoms with E-state index < -0.39 is 6.17 Å². The average Bonchev–Trinajstić information content (AvgIpc) is 3.06. The van der Waals surface area contributed by atoms with Gasteiger partial charge in [-0.3, -0.25) is 9.89 Å². The number of likely N-dealkylation sites (tertiary alicyclic amines) is 1. The summed E-state index contributed by atoms with van der Waals surface area (Å²) in [6, 6.07) is 1.58. The van der Waals surface area contributed by atoms with E-state index in [9.17, 15) is 14.0 Å². The Balaban J connectivity index is 1.70. The van der Waals surface area contributed by atoms with Crippen molar-refractivity contribution in [1.29, 1.82) is 0 Å². The number of aryl methyl sites for hydroxylation is 1. The Labute approximate surface area is 174 Å². The Morgan fingerprint density at radius 3 is 2.77 bits per heavy atom. The second-order valence-corrected chi connectivity index (χ2v) is 8.27. The van der Waals surface area contributed by atoms with Crippen LogP contribution in [0.4, 0.5) is 9.18 Å². The molecular formula is C22H27FN4O3. The summed E-state index contributed by atoms with van der Waals surface area (Å²) in [6.45, 7) is 7.23. The predicted octanol–water partition coefficient (Wildman–Crippen LogP) is 3.52. The van der Waals surface area contributed by atoms with E-state index in [-0.39, 0.29) is 17.1 Å². The van der Waals surface area contributed by atoms with Gasteiger partial charge in [0.25, 0.3) is 5.56 Å². The molecule has 1 unspecified atom stereocenters. The van der Waals surface area contributed by atoms with E-state index in [1.54, 1.807) is 24.0 Å². The third-order valence-electron chi connectivity index (χ3n) is 6.14. The van der Waals surface area contributed by atoms with Crippen LogP contribution >= 0.6 is 0 Å². The lowest BCUT2D eigenvalue weighted by Gasteiger charge is -2.38. The third kappa shape index (κ3) is 3.55. The number of hydrogen-bond acceptors (Lipinski definition) is 4. The number of amides is 1. The van der Waals surface area contributed by atoms with Crippen molar-refractivity contribution in [3.63, 3.8) is 0 Å². The van der Waals surface area contributed by atoms with Crippen LogP contribution < -0.4 is 5.56 Å². The minimum atomic E-state index is -0.978. The molecule has 0 radical (unpaired) electrons. The number of rotatable bonds is 3. The van der Waals surface area contributed by atoms with Gasteiger partial charge in [0.2, 0.25) is 0 Å². The van der Waals surface area contributed by atoms with Crippen molar-refractivity contribution in [1.82, 2.24) is 19.5 Å². The lowest BCUT2D eigenvalue weighted by Crippen LogP contribution is -2.44. The number of ether oxygens (including phenoxy) is 1. The molecule has 2 aromatic heterocycles. The zero-order valence-electron chi connectivity index (χ0n) is 17.6. The van der Waals surface area contributed by atoms with Crippen LogP contribution in [0.25, 0.3) is 11.2 Å². The van der Waals surface area contributed by atoms with Crippen LogP contribution in [-0.4, -0.2) is 51.5 Å². The highest BCUT2D eigenvalue weighted by Crippen LogP contribution is 2.35. The minimum Gasteiger partial charge on any atom is -0.450 e. The van der Waals surface area contributed by atoms with Crippen LogP contribution in [0.15, 0.2) is 29.1 Å². The van der Waals surface area contributed by atoms with E-state index in [1.807, 2.05) is 13.0 Å². The molecule has 0 saturated carbocycles. The molecule has 7 nitrogen and oxygen atoms in total. The standard InChI is InChI=1S/C22H27FN4O3/c1-4-30-21(29)26-11-9-22(3,10-12-26)17-13-18(28)27-20(24-17)19(14(2)25-27)15-5-7-16(23)8-6-15/h5-7,13,16,25H,4,8-12H2,1-3H3. The number of halogens is 1. The van der Waals surface area contributed by atoms with Crippen molar-refractivity contribution in [2.75, 3.05) is 19.7 Å². The topological polar surface area (TPSA) is 79.7 Å². The zero-order valence-corrected chi connectivity index (χ0v) is 17.6. The first kappa shape index (κ1) is 20.4. The van der Waals surface area contributed by atoms with Crippen molar-refractivity contribution in [2.45, 2.75) is 51.6 Å². The van der Waals surface area contributed by atoms with Crippen molar-refractivity contribution in [3.05, 3.63) is 51.6 Å². The molecule has 1 fully saturated rings.